The molecule has 72 valence electrons. The Morgan fingerprint density at radius 1 is 1.85 bits per heavy atom. The molecule has 1 unspecified atom stereocenters. The monoisotopic (exact) mass is 409 g/mol. The number of hydrogen-bond donors (Lipinski definition) is 1. The zero-order chi connectivity index (χ0) is 9.68. The van der Waals surface area contributed by atoms with Crippen molar-refractivity contribution in [3.8, 4) is 0 Å². The van der Waals surface area contributed by atoms with Crippen molar-refractivity contribution in [1.29, 1.82) is 0 Å². The molecule has 0 saturated carbocycles. The topological polar surface area (TPSA) is 64.2 Å². The van der Waals surface area contributed by atoms with Crippen LogP contribution in [0.5, 0.6) is 0 Å². The molecule has 0 aromatic carbocycles. The van der Waals surface area contributed by atoms with Gasteiger partial charge < -0.3 is 4.98 Å². The Morgan fingerprint density at radius 2 is 2.62 bits per heavy atom. The van der Waals surface area contributed by atoms with E-state index in [2.05, 4.69) is 13.0 Å². The molecule has 0 aliphatic heterocycles. The second-order valence-electron chi connectivity index (χ2n) is 2.26. The molecule has 0 amide bonds. The van der Waals surface area contributed by atoms with Crippen LogP contribution < -0.4 is 23.0 Å². The van der Waals surface area contributed by atoms with Gasteiger partial charge in [-0.25, -0.2) is 12.8 Å². The van der Waals surface area contributed by atoms with Crippen LogP contribution in [0.15, 0.2) is 12.5 Å². The van der Waals surface area contributed by atoms with Gasteiger partial charge in [-0.05, 0) is 0 Å². The van der Waals surface area contributed by atoms with E-state index in [1.807, 2.05) is 0 Å². The van der Waals surface area contributed by atoms with Gasteiger partial charge in [0.15, 0.2) is 6.10 Å². The summed E-state index contributed by atoms with van der Waals surface area (Å²) in [5.74, 6) is -0.381. The summed E-state index contributed by atoms with van der Waals surface area (Å²) in [6.07, 6.45) is 3.06. The van der Waals surface area contributed by atoms with Crippen molar-refractivity contribution < 1.29 is 33.9 Å². The molecule has 7 heteroatoms. The molecule has 1 aromatic heterocycles. The van der Waals surface area contributed by atoms with E-state index in [-0.39, 0.29) is 5.97 Å². The van der Waals surface area contributed by atoms with E-state index in [1.54, 1.807) is 35.5 Å². The Morgan fingerprint density at radius 3 is 3.08 bits per heavy atom. The molecule has 0 aliphatic carbocycles. The zero-order valence-corrected chi connectivity index (χ0v) is 10.9. The van der Waals surface area contributed by atoms with Gasteiger partial charge in [0.25, 0.3) is 0 Å². The van der Waals surface area contributed by atoms with Gasteiger partial charge in [0, 0.05) is 18.3 Å². The smallest absolute Gasteiger partial charge is 0.348 e. The van der Waals surface area contributed by atoms with Crippen LogP contribution in [0.3, 0.4) is 0 Å². The molecule has 0 saturated heterocycles. The van der Waals surface area contributed by atoms with E-state index in [0.717, 1.165) is 5.69 Å². The predicted molar refractivity (Wildman–Crippen MR) is 48.7 cm³/mol. The van der Waals surface area contributed by atoms with E-state index < -0.39 is 6.10 Å². The number of aromatic nitrogens is 2. The van der Waals surface area contributed by atoms with E-state index in [1.165, 1.54) is 23.0 Å². The van der Waals surface area contributed by atoms with Crippen molar-refractivity contribution in [3.63, 3.8) is 0 Å². The van der Waals surface area contributed by atoms with Gasteiger partial charge in [-0.2, -0.15) is 0 Å². The summed E-state index contributed by atoms with van der Waals surface area (Å²) in [5.41, 5.74) is 0.841. The Balaban J connectivity index is 2.54. The number of H-pyrrole nitrogens is 1. The maximum Gasteiger partial charge on any atom is 0.519 e. The van der Waals surface area contributed by atoms with Gasteiger partial charge in [-0.1, -0.05) is 0 Å². The largest absolute Gasteiger partial charge is 0.519 e. The average molecular weight is 409 g/mol. The van der Waals surface area contributed by atoms with Crippen molar-refractivity contribution in [3.05, 3.63) is 18.2 Å². The molecule has 1 N–H and O–H groups in total. The van der Waals surface area contributed by atoms with E-state index in [9.17, 15) is 4.79 Å². The molecule has 5 nitrogen and oxygen atoms in total. The molecule has 1 rings (SSSR count). The first kappa shape index (κ1) is 11.2. The van der Waals surface area contributed by atoms with Crippen LogP contribution in [0.1, 0.15) is 5.69 Å². The van der Waals surface area contributed by atoms with Crippen LogP contribution >= 0.6 is 23.0 Å². The summed E-state index contributed by atoms with van der Waals surface area (Å²) in [5, 5.41) is 0. The van der Waals surface area contributed by atoms with Crippen molar-refractivity contribution in [2.45, 2.75) is 12.5 Å². The van der Waals surface area contributed by atoms with Gasteiger partial charge in [0.05, 0.1) is 6.33 Å². The second-order valence-corrected chi connectivity index (χ2v) is 3.25. The highest BCUT2D eigenvalue weighted by molar-refractivity contribution is 14.1. The minimum absolute atomic E-state index is 0.381. The van der Waals surface area contributed by atoms with E-state index >= 15 is 0 Å². The summed E-state index contributed by atoms with van der Waals surface area (Å²) in [4.78, 5) is 17.8. The minimum Gasteiger partial charge on any atom is -0.348 e. The molecule has 1 heterocycles. The Bertz CT molecular complexity index is 265. The highest BCUT2D eigenvalue weighted by Gasteiger charge is 2.23. The van der Waals surface area contributed by atoms with Crippen molar-refractivity contribution in [1.82, 2.24) is 9.97 Å². The number of nitrogens with one attached hydrogen (secondary N) is 1. The fourth-order valence-electron chi connectivity index (χ4n) is 0.801. The number of aromatic amines is 1. The fraction of sp³-hybridized carbons (Fsp3) is 0.333. The highest BCUT2D eigenvalue weighted by Crippen LogP contribution is 2.06. The van der Waals surface area contributed by atoms with Gasteiger partial charge >= 0.3 is 29.0 Å². The van der Waals surface area contributed by atoms with E-state index in [0.29, 0.717) is 6.42 Å². The first-order chi connectivity index (χ1) is 6.27. The summed E-state index contributed by atoms with van der Waals surface area (Å²) in [7, 11) is 0. The summed E-state index contributed by atoms with van der Waals surface area (Å²) < 4.78 is 9.48. The van der Waals surface area contributed by atoms with Crippen LogP contribution in [-0.2, 0) is 17.3 Å². The number of carbonyl (C=O) groups is 1. The fourth-order valence-corrected chi connectivity index (χ4v) is 1.49. The predicted octanol–water partition coefficient (Wildman–Crippen LogP) is -2.57. The molecule has 0 fully saturated rings. The lowest BCUT2D eigenvalue weighted by Gasteiger charge is -2.05. The SMILES string of the molecule is O=C(O[IH+])C(Cc1cnc[nH]1)OI. The summed E-state index contributed by atoms with van der Waals surface area (Å²) >= 11 is 2.94. The minimum atomic E-state index is -0.575. The number of carbonyl (C=O) groups excluding carboxylic acids is 1. The Hall–Kier alpha value is 0.1000. The first-order valence-electron chi connectivity index (χ1n) is 3.36. The second kappa shape index (κ2) is 5.75. The maximum absolute atomic E-state index is 11.1. The third-order valence-electron chi connectivity index (χ3n) is 1.41. The molecule has 0 aliphatic rings. The number of hydrogen-bond acceptors (Lipinski definition) is 4. The maximum atomic E-state index is 11.1. The standard InChI is InChI=1S/C6H7I2N2O3/c7-12-5(6(11)13-8)1-4-2-9-3-10-4/h2-3,5,8H,1H2,(H,9,10)/q+1. The molecule has 0 spiro atoms. The number of imidazole rings is 1. The lowest BCUT2D eigenvalue weighted by Crippen LogP contribution is -3.34. The number of rotatable bonds is 4. The lowest BCUT2D eigenvalue weighted by atomic mass is 10.2. The number of halogens is 2. The highest BCUT2D eigenvalue weighted by atomic mass is 127. The molecule has 1 aromatic rings. The van der Waals surface area contributed by atoms with Gasteiger partial charge in [-0.15, -0.1) is 0 Å². The van der Waals surface area contributed by atoms with Crippen molar-refractivity contribution >= 4 is 29.0 Å². The molecule has 13 heavy (non-hydrogen) atoms. The molecule has 1 atom stereocenters. The van der Waals surface area contributed by atoms with Crippen LogP contribution in [0, 0.1) is 0 Å². The summed E-state index contributed by atoms with van der Waals surface area (Å²) in [6, 6.07) is 0. The third kappa shape index (κ3) is 3.38. The molecular weight excluding hydrogens is 402 g/mol. The summed E-state index contributed by atoms with van der Waals surface area (Å²) in [6.45, 7) is 0. The van der Waals surface area contributed by atoms with Crippen LogP contribution in [0.4, 0.5) is 0 Å². The molecular formula is C6H7I2N2O3+. The first-order valence-corrected chi connectivity index (χ1v) is 5.19. The van der Waals surface area contributed by atoms with Gasteiger partial charge in [0.1, 0.15) is 23.0 Å². The molecule has 0 radical (unpaired) electrons. The zero-order valence-electron chi connectivity index (χ0n) is 6.40. The van der Waals surface area contributed by atoms with Crippen molar-refractivity contribution in [2.24, 2.45) is 0 Å². The quantitative estimate of drug-likeness (QED) is 0.556. The van der Waals surface area contributed by atoms with Crippen LogP contribution in [-0.4, -0.2) is 22.0 Å². The normalized spacial score (nSPS) is 12.5. The van der Waals surface area contributed by atoms with Gasteiger partial charge in [0.2, 0.25) is 0 Å². The van der Waals surface area contributed by atoms with Crippen molar-refractivity contribution in [2.75, 3.05) is 0 Å². The Labute approximate surface area is 103 Å². The number of nitrogens with zero attached hydrogens (tertiary/aromatic N) is 1. The molecule has 0 bridgehead atoms. The van der Waals surface area contributed by atoms with Crippen LogP contribution in [0.25, 0.3) is 0 Å². The third-order valence-corrected chi connectivity index (χ3v) is 2.50. The van der Waals surface area contributed by atoms with Crippen LogP contribution in [0.2, 0.25) is 0 Å². The average Bonchev–Trinajstić information content (AvgIpc) is 2.65. The van der Waals surface area contributed by atoms with Gasteiger partial charge in [-0.3, -0.25) is 3.07 Å². The lowest BCUT2D eigenvalue weighted by molar-refractivity contribution is -0.658. The Kier molecular flexibility index (Phi) is 4.94. The van der Waals surface area contributed by atoms with E-state index in [4.69, 9.17) is 3.07 Å².